The van der Waals surface area contributed by atoms with Crippen molar-refractivity contribution in [2.24, 2.45) is 5.41 Å². The highest BCUT2D eigenvalue weighted by Crippen LogP contribution is 2.48. The number of hydrogen-bond donors (Lipinski definition) is 4. The normalized spacial score (nSPS) is 24.5. The fourth-order valence-corrected chi connectivity index (χ4v) is 5.76. The molecule has 14 nitrogen and oxygen atoms in total. The van der Waals surface area contributed by atoms with E-state index >= 15 is 0 Å². The van der Waals surface area contributed by atoms with Gasteiger partial charge in [0.05, 0.1) is 12.3 Å². The van der Waals surface area contributed by atoms with Crippen molar-refractivity contribution in [2.75, 3.05) is 18.9 Å². The molecule has 0 spiro atoms. The second-order valence-corrected chi connectivity index (χ2v) is 12.9. The number of fused-ring (bicyclic) bond motifs is 1. The summed E-state index contributed by atoms with van der Waals surface area (Å²) in [6, 6.07) is 11.9. The quantitative estimate of drug-likeness (QED) is 0.184. The van der Waals surface area contributed by atoms with Gasteiger partial charge in [0.15, 0.2) is 5.82 Å². The number of aliphatic hydroxyl groups excluding tert-OH is 2. The average Bonchev–Trinajstić information content (AvgIpc) is 3.47. The summed E-state index contributed by atoms with van der Waals surface area (Å²) in [5.74, 6) is -0.366. The summed E-state index contributed by atoms with van der Waals surface area (Å²) in [7, 11) is -4.41. The number of carbonyl (C=O) groups is 1. The molecule has 1 saturated heterocycles. The smallest absolute Gasteiger partial charge is 0.459 e. The number of nitrogen functional groups attached to an aromatic ring is 1. The molecule has 3 aromatic rings. The first kappa shape index (κ1) is 31.4. The fraction of sp³-hybridized carbons (Fsp3) is 0.481. The summed E-state index contributed by atoms with van der Waals surface area (Å²) < 4.78 is 37.8. The minimum atomic E-state index is -4.41. The van der Waals surface area contributed by atoms with Gasteiger partial charge in [-0.15, -0.1) is 0 Å². The van der Waals surface area contributed by atoms with E-state index < -0.39 is 50.3 Å². The Kier molecular flexibility index (Phi) is 9.22. The third-order valence-corrected chi connectivity index (χ3v) is 8.28. The molecular formula is C27H35N6O8P. The van der Waals surface area contributed by atoms with Crippen molar-refractivity contribution in [2.45, 2.75) is 64.1 Å². The maximum absolute atomic E-state index is 13.9. The molecule has 0 radical (unpaired) electrons. The summed E-state index contributed by atoms with van der Waals surface area (Å²) in [6.45, 7) is 6.80. The molecule has 1 aromatic carbocycles. The molecule has 4 rings (SSSR count). The summed E-state index contributed by atoms with van der Waals surface area (Å²) in [5, 5.41) is 38.6. The van der Waals surface area contributed by atoms with Crippen molar-refractivity contribution in [3.63, 3.8) is 0 Å². The second-order valence-electron chi connectivity index (χ2n) is 11.2. The Morgan fingerprint density at radius 3 is 2.67 bits per heavy atom. The lowest BCUT2D eigenvalue weighted by Crippen LogP contribution is -2.46. The van der Waals surface area contributed by atoms with Crippen molar-refractivity contribution in [3.05, 3.63) is 54.5 Å². The van der Waals surface area contributed by atoms with E-state index in [-0.39, 0.29) is 29.3 Å². The highest BCUT2D eigenvalue weighted by molar-refractivity contribution is 7.52. The van der Waals surface area contributed by atoms with Gasteiger partial charge in [0.2, 0.25) is 5.60 Å². The zero-order chi connectivity index (χ0) is 30.7. The van der Waals surface area contributed by atoms with Crippen LogP contribution in [0.15, 0.2) is 48.8 Å². The molecular weight excluding hydrogens is 567 g/mol. The molecule has 6 atom stereocenters. The van der Waals surface area contributed by atoms with Crippen LogP contribution in [0.4, 0.5) is 5.82 Å². The number of benzene rings is 1. The summed E-state index contributed by atoms with van der Waals surface area (Å²) in [6.07, 6.45) is -2.80. The molecule has 2 aromatic heterocycles. The zero-order valence-corrected chi connectivity index (χ0v) is 24.6. The number of nitrogens with one attached hydrogen (secondary N) is 1. The lowest BCUT2D eigenvalue weighted by molar-refractivity contribution is -0.146. The first-order valence-electron chi connectivity index (χ1n) is 13.2. The van der Waals surface area contributed by atoms with E-state index in [1.807, 2.05) is 26.8 Å². The van der Waals surface area contributed by atoms with Crippen molar-refractivity contribution in [3.8, 4) is 11.8 Å². The lowest BCUT2D eigenvalue weighted by atomic mass is 9.93. The number of nitriles is 1. The Bertz CT molecular complexity index is 1490. The number of anilines is 1. The van der Waals surface area contributed by atoms with Gasteiger partial charge < -0.3 is 29.9 Å². The number of rotatable bonds is 11. The van der Waals surface area contributed by atoms with Crippen LogP contribution < -0.4 is 15.3 Å². The molecule has 0 aliphatic carbocycles. The largest absolute Gasteiger partial charge is 0.465 e. The number of ether oxygens (including phenoxy) is 2. The molecule has 0 bridgehead atoms. The maximum Gasteiger partial charge on any atom is 0.459 e. The number of aliphatic hydroxyl groups is 2. The van der Waals surface area contributed by atoms with Crippen LogP contribution in [0.1, 0.15) is 45.9 Å². The van der Waals surface area contributed by atoms with Crippen LogP contribution in [-0.2, 0) is 23.4 Å². The highest BCUT2D eigenvalue weighted by atomic mass is 31.2. The number of nitrogens with two attached hydrogens (primary N) is 1. The van der Waals surface area contributed by atoms with Crippen molar-refractivity contribution >= 4 is 25.1 Å². The van der Waals surface area contributed by atoms with Crippen LogP contribution in [0, 0.1) is 16.7 Å². The van der Waals surface area contributed by atoms with E-state index in [9.17, 15) is 24.8 Å². The Hall–Kier alpha value is -3.57. The number of para-hydroxylation sites is 1. The number of aromatic nitrogens is 3. The van der Waals surface area contributed by atoms with E-state index in [1.165, 1.54) is 29.9 Å². The molecule has 15 heteroatoms. The molecule has 1 aliphatic rings. The third kappa shape index (κ3) is 6.90. The van der Waals surface area contributed by atoms with Gasteiger partial charge >= 0.3 is 13.7 Å². The standard InChI is InChI=1S/C27H35N6O8P/c1-17(25(36)38-13-12-26(2,3)4)32-42(37,41-18-8-6-5-7-9-18)39-15-27(14-28)23(35)21(34)22(40-27)19-10-11-20-24(29)30-16-31-33(19)20/h5-11,16-17,21-23,34-35H,12-13,15H2,1-4H3,(H,32,37)(H2,29,30,31)/t17-,21-,22-,23-,27+,42-/m0/s1. The number of carbonyl (C=O) groups excluding carboxylic acids is 1. The van der Waals surface area contributed by atoms with E-state index in [0.717, 1.165) is 0 Å². The summed E-state index contributed by atoms with van der Waals surface area (Å²) in [4.78, 5) is 16.6. The third-order valence-electron chi connectivity index (χ3n) is 6.66. The summed E-state index contributed by atoms with van der Waals surface area (Å²) in [5.41, 5.74) is 4.37. The van der Waals surface area contributed by atoms with Gasteiger partial charge in [0.25, 0.3) is 0 Å². The highest BCUT2D eigenvalue weighted by Gasteiger charge is 2.57. The summed E-state index contributed by atoms with van der Waals surface area (Å²) >= 11 is 0. The Morgan fingerprint density at radius 2 is 2.00 bits per heavy atom. The number of esters is 1. The van der Waals surface area contributed by atoms with E-state index in [4.69, 9.17) is 24.3 Å². The second kappa shape index (κ2) is 12.3. The Balaban J connectivity index is 1.54. The van der Waals surface area contributed by atoms with Gasteiger partial charge in [0.1, 0.15) is 54.6 Å². The van der Waals surface area contributed by atoms with Crippen LogP contribution in [0.2, 0.25) is 0 Å². The van der Waals surface area contributed by atoms with Crippen LogP contribution in [-0.4, -0.2) is 67.8 Å². The predicted molar refractivity (Wildman–Crippen MR) is 150 cm³/mol. The lowest BCUT2D eigenvalue weighted by Gasteiger charge is -2.28. The monoisotopic (exact) mass is 602 g/mol. The fourth-order valence-electron chi connectivity index (χ4n) is 4.24. The van der Waals surface area contributed by atoms with Gasteiger partial charge in [0, 0.05) is 0 Å². The van der Waals surface area contributed by atoms with Gasteiger partial charge in [-0.2, -0.15) is 15.4 Å². The van der Waals surface area contributed by atoms with E-state index in [0.29, 0.717) is 11.9 Å². The average molecular weight is 603 g/mol. The first-order valence-corrected chi connectivity index (χ1v) is 14.8. The van der Waals surface area contributed by atoms with Gasteiger partial charge in [-0.1, -0.05) is 39.0 Å². The van der Waals surface area contributed by atoms with Gasteiger partial charge in [-0.25, -0.2) is 14.1 Å². The zero-order valence-electron chi connectivity index (χ0n) is 23.7. The molecule has 0 unspecified atom stereocenters. The molecule has 5 N–H and O–H groups in total. The van der Waals surface area contributed by atoms with Crippen molar-refractivity contribution < 1.29 is 38.1 Å². The minimum absolute atomic E-state index is 0.0609. The molecule has 1 aliphatic heterocycles. The SMILES string of the molecule is C[C@H](N[P@](=O)(OC[C@@]1(C#N)O[C@@H](c2ccc3c(N)ncnn23)[C@H](O)[C@@H]1O)Oc1ccccc1)C(=O)OCCC(C)(C)C. The molecule has 42 heavy (non-hydrogen) atoms. The molecule has 1 fully saturated rings. The van der Waals surface area contributed by atoms with E-state index in [1.54, 1.807) is 30.3 Å². The van der Waals surface area contributed by atoms with Crippen LogP contribution in [0.25, 0.3) is 5.52 Å². The topological polar surface area (TPSA) is 204 Å². The Labute approximate surface area is 242 Å². The minimum Gasteiger partial charge on any atom is -0.465 e. The van der Waals surface area contributed by atoms with Crippen LogP contribution in [0.5, 0.6) is 5.75 Å². The molecule has 0 amide bonds. The van der Waals surface area contributed by atoms with Crippen molar-refractivity contribution in [1.82, 2.24) is 19.7 Å². The van der Waals surface area contributed by atoms with Crippen molar-refractivity contribution in [1.29, 1.82) is 5.26 Å². The molecule has 3 heterocycles. The van der Waals surface area contributed by atoms with Gasteiger partial charge in [-0.05, 0) is 43.0 Å². The number of nitrogens with zero attached hydrogens (tertiary/aromatic N) is 4. The van der Waals surface area contributed by atoms with Crippen LogP contribution in [0.3, 0.4) is 0 Å². The number of hydrogen-bond acceptors (Lipinski definition) is 12. The Morgan fingerprint density at radius 1 is 1.29 bits per heavy atom. The predicted octanol–water partition coefficient (Wildman–Crippen LogP) is 2.53. The molecule has 0 saturated carbocycles. The van der Waals surface area contributed by atoms with Gasteiger partial charge in [-0.3, -0.25) is 9.32 Å². The van der Waals surface area contributed by atoms with Crippen LogP contribution >= 0.6 is 7.75 Å². The maximum atomic E-state index is 13.9. The first-order chi connectivity index (χ1) is 19.8. The molecule has 226 valence electrons. The van der Waals surface area contributed by atoms with E-state index in [2.05, 4.69) is 15.2 Å².